The summed E-state index contributed by atoms with van der Waals surface area (Å²) in [6.07, 6.45) is 3.20. The zero-order valence-electron chi connectivity index (χ0n) is 12.3. The van der Waals surface area contributed by atoms with Gasteiger partial charge in [0.1, 0.15) is 5.82 Å². The molecule has 0 amide bonds. The van der Waals surface area contributed by atoms with Crippen LogP contribution in [0.5, 0.6) is 0 Å². The van der Waals surface area contributed by atoms with Gasteiger partial charge in [0, 0.05) is 5.69 Å². The number of nitrogen functional groups attached to an aromatic ring is 1. The van der Waals surface area contributed by atoms with Crippen LogP contribution in [0.15, 0.2) is 18.2 Å². The van der Waals surface area contributed by atoms with Gasteiger partial charge in [-0.25, -0.2) is 9.07 Å². The Morgan fingerprint density at radius 3 is 2.76 bits per heavy atom. The van der Waals surface area contributed by atoms with E-state index in [4.69, 9.17) is 5.73 Å². The second-order valence-electron chi connectivity index (χ2n) is 6.11. The normalized spacial score (nSPS) is 26.0. The van der Waals surface area contributed by atoms with E-state index in [1.54, 1.807) is 16.8 Å². The monoisotopic (exact) mass is 289 g/mol. The molecular weight excluding hydrogens is 269 g/mol. The van der Waals surface area contributed by atoms with E-state index >= 15 is 0 Å². The molecule has 3 rings (SSSR count). The molecule has 1 aromatic heterocycles. The average molecular weight is 289 g/mol. The van der Waals surface area contributed by atoms with Gasteiger partial charge in [0.25, 0.3) is 0 Å². The highest BCUT2D eigenvalue weighted by molar-refractivity contribution is 5.59. The van der Waals surface area contributed by atoms with Crippen LogP contribution in [0.2, 0.25) is 0 Å². The lowest BCUT2D eigenvalue weighted by atomic mass is 9.79. The fraction of sp³-hybridized carbons (Fsp3) is 0.533. The number of rotatable bonds is 2. The summed E-state index contributed by atoms with van der Waals surface area (Å²) in [5.74, 6) is 1.44. The van der Waals surface area contributed by atoms with Crippen molar-refractivity contribution < 1.29 is 4.39 Å². The first-order valence-electron chi connectivity index (χ1n) is 7.39. The molecule has 1 aromatic carbocycles. The molecule has 21 heavy (non-hydrogen) atoms. The molecule has 1 aliphatic carbocycles. The highest BCUT2D eigenvalue weighted by Gasteiger charge is 2.28. The number of nitrogens with zero attached hydrogens (tertiary/aromatic N) is 4. The van der Waals surface area contributed by atoms with Crippen molar-refractivity contribution in [2.24, 2.45) is 11.8 Å². The molecule has 3 unspecified atom stereocenters. The summed E-state index contributed by atoms with van der Waals surface area (Å²) >= 11 is 0. The maximum Gasteiger partial charge on any atom is 0.185 e. The van der Waals surface area contributed by atoms with Gasteiger partial charge in [-0.15, -0.1) is 5.10 Å². The zero-order valence-corrected chi connectivity index (χ0v) is 12.3. The lowest BCUT2D eigenvalue weighted by molar-refractivity contribution is 0.200. The van der Waals surface area contributed by atoms with Crippen LogP contribution in [0.25, 0.3) is 11.4 Å². The number of hydrogen-bond donors (Lipinski definition) is 1. The molecule has 2 aromatic rings. The third-order valence-electron chi connectivity index (χ3n) is 4.64. The molecule has 1 saturated carbocycles. The highest BCUT2D eigenvalue weighted by atomic mass is 19.1. The number of benzene rings is 1. The molecule has 3 atom stereocenters. The molecule has 0 bridgehead atoms. The molecule has 0 aliphatic heterocycles. The Morgan fingerprint density at radius 2 is 2.05 bits per heavy atom. The summed E-state index contributed by atoms with van der Waals surface area (Å²) in [4.78, 5) is 0. The lowest BCUT2D eigenvalue weighted by Gasteiger charge is -2.32. The van der Waals surface area contributed by atoms with Gasteiger partial charge < -0.3 is 5.73 Å². The van der Waals surface area contributed by atoms with Crippen LogP contribution in [0, 0.1) is 17.7 Å². The number of anilines is 1. The van der Waals surface area contributed by atoms with E-state index in [1.165, 1.54) is 6.07 Å². The molecule has 6 heteroatoms. The summed E-state index contributed by atoms with van der Waals surface area (Å²) in [6, 6.07) is 4.85. The quantitative estimate of drug-likeness (QED) is 0.863. The van der Waals surface area contributed by atoms with Crippen LogP contribution in [0.1, 0.15) is 39.2 Å². The number of hydrogen-bond acceptors (Lipinski definition) is 4. The number of nitrogens with two attached hydrogens (primary N) is 1. The highest BCUT2D eigenvalue weighted by Crippen LogP contribution is 2.37. The van der Waals surface area contributed by atoms with Crippen molar-refractivity contribution >= 4 is 5.69 Å². The van der Waals surface area contributed by atoms with Gasteiger partial charge in [0.15, 0.2) is 5.82 Å². The second kappa shape index (κ2) is 5.42. The van der Waals surface area contributed by atoms with Gasteiger partial charge in [-0.2, -0.15) is 0 Å². The van der Waals surface area contributed by atoms with E-state index < -0.39 is 0 Å². The van der Waals surface area contributed by atoms with Gasteiger partial charge >= 0.3 is 0 Å². The molecule has 0 saturated heterocycles. The SMILES string of the molecule is CC1CCC(n2nnnc2-c2ccc(N)cc2F)CC1C. The zero-order chi connectivity index (χ0) is 15.0. The molecular formula is C15H20FN5. The van der Waals surface area contributed by atoms with E-state index in [-0.39, 0.29) is 11.9 Å². The molecule has 1 heterocycles. The van der Waals surface area contributed by atoms with Crippen molar-refractivity contribution in [1.82, 2.24) is 20.2 Å². The van der Waals surface area contributed by atoms with E-state index in [0.717, 1.165) is 25.2 Å². The van der Waals surface area contributed by atoms with Gasteiger partial charge in [0.05, 0.1) is 11.6 Å². The Hall–Kier alpha value is -1.98. The Balaban J connectivity index is 1.94. The van der Waals surface area contributed by atoms with Crippen molar-refractivity contribution in [2.75, 3.05) is 5.73 Å². The average Bonchev–Trinajstić information content (AvgIpc) is 2.91. The standard InChI is InChI=1S/C15H20FN5/c1-9-3-5-12(7-10(9)2)21-15(18-19-20-21)13-6-4-11(17)8-14(13)16/h4,6,8-10,12H,3,5,7,17H2,1-2H3. The van der Waals surface area contributed by atoms with E-state index in [2.05, 4.69) is 29.4 Å². The first-order valence-corrected chi connectivity index (χ1v) is 7.39. The van der Waals surface area contributed by atoms with Crippen LogP contribution in [0.4, 0.5) is 10.1 Å². The van der Waals surface area contributed by atoms with Crippen molar-refractivity contribution in [1.29, 1.82) is 0 Å². The minimum atomic E-state index is -0.386. The number of tetrazole rings is 1. The van der Waals surface area contributed by atoms with Crippen LogP contribution in [-0.4, -0.2) is 20.2 Å². The van der Waals surface area contributed by atoms with Crippen molar-refractivity contribution in [2.45, 2.75) is 39.2 Å². The molecule has 1 fully saturated rings. The Bertz CT molecular complexity index is 639. The fourth-order valence-electron chi connectivity index (χ4n) is 3.07. The number of halogens is 1. The summed E-state index contributed by atoms with van der Waals surface area (Å²) in [5.41, 5.74) is 6.40. The molecule has 2 N–H and O–H groups in total. The van der Waals surface area contributed by atoms with Crippen molar-refractivity contribution in [3.8, 4) is 11.4 Å². The molecule has 5 nitrogen and oxygen atoms in total. The Morgan fingerprint density at radius 1 is 1.24 bits per heavy atom. The smallest absolute Gasteiger partial charge is 0.185 e. The molecule has 112 valence electrons. The van der Waals surface area contributed by atoms with Crippen LogP contribution in [-0.2, 0) is 0 Å². The third-order valence-corrected chi connectivity index (χ3v) is 4.64. The van der Waals surface area contributed by atoms with E-state index in [9.17, 15) is 4.39 Å². The van der Waals surface area contributed by atoms with Gasteiger partial charge in [-0.3, -0.25) is 0 Å². The Kier molecular flexibility index (Phi) is 3.61. The lowest BCUT2D eigenvalue weighted by Crippen LogP contribution is -2.24. The van der Waals surface area contributed by atoms with Gasteiger partial charge in [0.2, 0.25) is 0 Å². The van der Waals surface area contributed by atoms with Crippen molar-refractivity contribution in [3.63, 3.8) is 0 Å². The molecule has 1 aliphatic rings. The predicted octanol–water partition coefficient (Wildman–Crippen LogP) is 3.06. The Labute approximate surface area is 123 Å². The van der Waals surface area contributed by atoms with Crippen LogP contribution in [0.3, 0.4) is 0 Å². The van der Waals surface area contributed by atoms with Gasteiger partial charge in [-0.1, -0.05) is 13.8 Å². The number of aromatic nitrogens is 4. The first kappa shape index (κ1) is 14.0. The summed E-state index contributed by atoms with van der Waals surface area (Å²) in [5, 5.41) is 11.9. The van der Waals surface area contributed by atoms with E-state index in [1.807, 2.05) is 0 Å². The second-order valence-corrected chi connectivity index (χ2v) is 6.11. The molecule has 0 spiro atoms. The predicted molar refractivity (Wildman–Crippen MR) is 78.8 cm³/mol. The first-order chi connectivity index (χ1) is 10.1. The van der Waals surface area contributed by atoms with Crippen LogP contribution >= 0.6 is 0 Å². The van der Waals surface area contributed by atoms with Crippen LogP contribution < -0.4 is 5.73 Å². The van der Waals surface area contributed by atoms with E-state index in [0.29, 0.717) is 23.0 Å². The molecule has 0 radical (unpaired) electrons. The third kappa shape index (κ3) is 2.62. The maximum absolute atomic E-state index is 14.1. The summed E-state index contributed by atoms with van der Waals surface area (Å²) in [7, 11) is 0. The largest absolute Gasteiger partial charge is 0.399 e. The van der Waals surface area contributed by atoms with Gasteiger partial charge in [-0.05, 0) is 59.7 Å². The topological polar surface area (TPSA) is 69.6 Å². The summed E-state index contributed by atoms with van der Waals surface area (Å²) < 4.78 is 15.9. The fourth-order valence-corrected chi connectivity index (χ4v) is 3.07. The minimum Gasteiger partial charge on any atom is -0.399 e. The summed E-state index contributed by atoms with van der Waals surface area (Å²) in [6.45, 7) is 4.53. The minimum absolute atomic E-state index is 0.234. The maximum atomic E-state index is 14.1. The van der Waals surface area contributed by atoms with Crippen molar-refractivity contribution in [3.05, 3.63) is 24.0 Å².